The number of nitrogens with two attached hydrogens (primary N) is 1. The number of anilines is 5. The Bertz CT molecular complexity index is 3450. The predicted molar refractivity (Wildman–Crippen MR) is 321 cm³/mol. The van der Waals surface area contributed by atoms with Gasteiger partial charge in [-0.25, -0.2) is 51.9 Å². The summed E-state index contributed by atoms with van der Waals surface area (Å²) >= 11 is 0. The number of benzene rings is 4. The monoisotopic (exact) mass is 1190 g/mol. The van der Waals surface area contributed by atoms with Gasteiger partial charge in [-0.1, -0.05) is 38.1 Å². The maximum atomic E-state index is 15.0. The fourth-order valence-corrected chi connectivity index (χ4v) is 11.3. The highest BCUT2D eigenvalue weighted by molar-refractivity contribution is 7.84. The standard InChI is InChI=1S/C30H35F2N7O2.C24H23F2N5O3S.C7H16N2/c1-5-38-13-7-8-20(38)15-33-29-36-25(21-14-19(12-11-18(21)4)28(40)35-17(2)3)22-16-34-30(41)39(27(22)37-29)26-23(31)9-6-10-24(26)32;1-12(2)28-22(32)14-9-8-13(3)15(10-14)19-16-11-27-24(33)31(20-17(25)6-5-7-18(20)26)21(16)30-23(29-19)35(4)34;1-2-9-5-3-4-7(9)6-8/h6,9-12,14,17,20H,5,7-8,13,15-16H2,1-4H3,(H,34,41)(H,35,40)(H,33,36,37);5-10,12H,11H2,1-4H3,(H,27,33)(H,28,32);7H,2-6,8H2,1H3/t20-;;7-/m0.0/s1. The summed E-state index contributed by atoms with van der Waals surface area (Å²) in [6.45, 7) is 21.3. The Labute approximate surface area is 495 Å². The van der Waals surface area contributed by atoms with Crippen LogP contribution in [-0.2, 0) is 23.9 Å². The van der Waals surface area contributed by atoms with E-state index < -0.39 is 57.5 Å². The number of likely N-dealkylation sites (N-methyl/N-ethyl adjacent to an activating group) is 2. The fraction of sp³-hybridized carbons (Fsp3) is 0.410. The number of hydrogen-bond acceptors (Lipinski definition) is 13. The Kier molecular flexibility index (Phi) is 20.7. The van der Waals surface area contributed by atoms with Crippen molar-refractivity contribution >= 4 is 63.6 Å². The number of nitrogens with one attached hydrogen (secondary N) is 5. The Morgan fingerprint density at radius 2 is 1.09 bits per heavy atom. The Hall–Kier alpha value is -7.93. The first-order chi connectivity index (χ1) is 40.6. The zero-order valence-electron chi connectivity index (χ0n) is 49.3. The number of amides is 6. The lowest BCUT2D eigenvalue weighted by Gasteiger charge is -2.31. The molecule has 2 saturated heterocycles. The van der Waals surface area contributed by atoms with E-state index in [2.05, 4.69) is 65.2 Å². The van der Waals surface area contributed by atoms with E-state index in [1.165, 1.54) is 44.3 Å². The first-order valence-electron chi connectivity index (χ1n) is 28.6. The van der Waals surface area contributed by atoms with E-state index in [0.29, 0.717) is 57.4 Å². The fourth-order valence-electron chi connectivity index (χ4n) is 10.8. The molecule has 4 aromatic carbocycles. The van der Waals surface area contributed by atoms with Crippen molar-refractivity contribution in [3.05, 3.63) is 129 Å². The van der Waals surface area contributed by atoms with Crippen molar-refractivity contribution in [3.8, 4) is 22.5 Å². The molecule has 6 amide bonds. The second-order valence-electron chi connectivity index (χ2n) is 21.7. The topological polar surface area (TPSA) is 236 Å². The second kappa shape index (κ2) is 27.8. The first kappa shape index (κ1) is 63.1. The highest BCUT2D eigenvalue weighted by Crippen LogP contribution is 2.41. The summed E-state index contributed by atoms with van der Waals surface area (Å²) in [5.74, 6) is -3.99. The molecule has 4 aliphatic heterocycles. The Morgan fingerprint density at radius 3 is 1.52 bits per heavy atom. The molecule has 6 heterocycles. The number of nitrogens with zero attached hydrogens (tertiary/aromatic N) is 8. The van der Waals surface area contributed by atoms with Gasteiger partial charge >= 0.3 is 12.1 Å². The van der Waals surface area contributed by atoms with Gasteiger partial charge in [0.15, 0.2) is 11.6 Å². The van der Waals surface area contributed by atoms with Gasteiger partial charge in [-0.05, 0) is 153 Å². The molecule has 85 heavy (non-hydrogen) atoms. The van der Waals surface area contributed by atoms with E-state index in [9.17, 15) is 32.2 Å². The van der Waals surface area contributed by atoms with E-state index in [-0.39, 0.29) is 65.8 Å². The van der Waals surface area contributed by atoms with Gasteiger partial charge in [-0.3, -0.25) is 23.6 Å². The number of fused-ring (bicyclic) bond motifs is 2. The number of likely N-dealkylation sites (tertiary alicyclic amines) is 2. The molecular weight excluding hydrogens is 1120 g/mol. The van der Waals surface area contributed by atoms with Crippen molar-refractivity contribution in [2.75, 3.05) is 60.6 Å². The van der Waals surface area contributed by atoms with E-state index in [0.717, 1.165) is 77.7 Å². The molecule has 2 aromatic heterocycles. The molecule has 0 aliphatic carbocycles. The van der Waals surface area contributed by atoms with Crippen molar-refractivity contribution in [1.82, 2.24) is 51.0 Å². The van der Waals surface area contributed by atoms with Crippen LogP contribution in [0.3, 0.4) is 0 Å². The summed E-state index contributed by atoms with van der Waals surface area (Å²) < 4.78 is 71.8. The quantitative estimate of drug-likeness (QED) is 0.0416. The minimum Gasteiger partial charge on any atom is -0.353 e. The number of aryl methyl sites for hydroxylation is 2. The zero-order valence-corrected chi connectivity index (χ0v) is 50.2. The maximum absolute atomic E-state index is 15.0. The summed E-state index contributed by atoms with van der Waals surface area (Å²) in [6.07, 6.45) is 6.14. The van der Waals surface area contributed by atoms with Gasteiger partial charge in [-0.15, -0.1) is 0 Å². The van der Waals surface area contributed by atoms with Crippen molar-refractivity contribution in [3.63, 3.8) is 0 Å². The van der Waals surface area contributed by atoms with Crippen LogP contribution in [0.25, 0.3) is 22.5 Å². The number of hydrogen-bond donors (Lipinski definition) is 6. The third kappa shape index (κ3) is 14.3. The SMILES string of the molecule is CCN1CCC[C@H]1CN.CCN1CCC[C@H]1CNc1nc(-c2cc(C(=O)NC(C)C)ccc2C)c2c(n1)N(c1c(F)cccc1F)C(=O)NC2.Cc1ccc(C(=O)NC(C)C)cc1-c1nc(S(C)=O)nc2c1CNC(=O)N2c1c(F)cccc1F. The molecule has 4 aliphatic rings. The molecule has 19 nitrogen and oxygen atoms in total. The molecule has 0 bridgehead atoms. The van der Waals surface area contributed by atoms with Crippen LogP contribution in [0.2, 0.25) is 0 Å². The third-order valence-corrected chi connectivity index (χ3v) is 15.8. The van der Waals surface area contributed by atoms with Crippen molar-refractivity contribution in [2.24, 2.45) is 5.73 Å². The first-order valence-corrected chi connectivity index (χ1v) is 30.1. The minimum atomic E-state index is -1.68. The molecule has 2 fully saturated rings. The van der Waals surface area contributed by atoms with E-state index >= 15 is 8.78 Å². The molecule has 1 unspecified atom stereocenters. The lowest BCUT2D eigenvalue weighted by molar-refractivity contribution is 0.0934. The average molecular weight is 1190 g/mol. The van der Waals surface area contributed by atoms with Crippen LogP contribution in [0.4, 0.5) is 56.1 Å². The molecule has 10 rings (SSSR count). The number of carbonyl (C=O) groups is 4. The molecule has 3 atom stereocenters. The van der Waals surface area contributed by atoms with E-state index in [1.807, 2.05) is 47.6 Å². The van der Waals surface area contributed by atoms with E-state index in [1.54, 1.807) is 30.3 Å². The lowest BCUT2D eigenvalue weighted by atomic mass is 9.97. The zero-order chi connectivity index (χ0) is 61.4. The van der Waals surface area contributed by atoms with Gasteiger partial charge in [-0.2, -0.15) is 4.98 Å². The third-order valence-electron chi connectivity index (χ3n) is 15.1. The molecule has 0 saturated carbocycles. The highest BCUT2D eigenvalue weighted by Gasteiger charge is 2.37. The van der Waals surface area contributed by atoms with Crippen LogP contribution in [0.1, 0.15) is 110 Å². The molecular formula is C61H74F4N14O5S. The van der Waals surface area contributed by atoms with Crippen LogP contribution >= 0.6 is 0 Å². The van der Waals surface area contributed by atoms with E-state index in [4.69, 9.17) is 10.7 Å². The van der Waals surface area contributed by atoms with Crippen LogP contribution in [0, 0.1) is 37.1 Å². The molecule has 452 valence electrons. The molecule has 24 heteroatoms. The van der Waals surface area contributed by atoms with Gasteiger partial charge in [0.25, 0.3) is 11.8 Å². The van der Waals surface area contributed by atoms with Gasteiger partial charge in [0.1, 0.15) is 34.6 Å². The number of para-hydroxylation sites is 2. The average Bonchev–Trinajstić information content (AvgIpc) is 3.82. The summed E-state index contributed by atoms with van der Waals surface area (Å²) in [6, 6.07) is 16.4. The Morgan fingerprint density at radius 1 is 0.659 bits per heavy atom. The summed E-state index contributed by atoms with van der Waals surface area (Å²) in [5, 5.41) is 14.2. The molecule has 6 aromatic rings. The normalized spacial score (nSPS) is 17.0. The second-order valence-corrected chi connectivity index (χ2v) is 23.0. The van der Waals surface area contributed by atoms with Gasteiger partial charge in [0.05, 0.1) is 35.3 Å². The summed E-state index contributed by atoms with van der Waals surface area (Å²) in [5.41, 5.74) is 9.67. The molecule has 0 radical (unpaired) electrons. The smallest absolute Gasteiger partial charge is 0.328 e. The van der Waals surface area contributed by atoms with Crippen LogP contribution in [0.15, 0.2) is 78.0 Å². The van der Waals surface area contributed by atoms with Gasteiger partial charge < -0.3 is 32.3 Å². The number of rotatable bonds is 15. The van der Waals surface area contributed by atoms with Crippen LogP contribution < -0.4 is 42.1 Å². The number of carbonyl (C=O) groups excluding carboxylic acids is 4. The lowest BCUT2D eigenvalue weighted by Crippen LogP contribution is -2.43. The number of urea groups is 2. The molecule has 7 N–H and O–H groups in total. The van der Waals surface area contributed by atoms with Crippen LogP contribution in [0.5, 0.6) is 0 Å². The van der Waals surface area contributed by atoms with Crippen molar-refractivity contribution in [2.45, 2.75) is 123 Å². The largest absolute Gasteiger partial charge is 0.353 e. The van der Waals surface area contributed by atoms with Gasteiger partial charge in [0, 0.05) is 76.9 Å². The summed E-state index contributed by atoms with van der Waals surface area (Å²) in [7, 11) is -1.68. The van der Waals surface area contributed by atoms with Crippen molar-refractivity contribution in [1.29, 1.82) is 0 Å². The van der Waals surface area contributed by atoms with Gasteiger partial charge in [0.2, 0.25) is 11.1 Å². The highest BCUT2D eigenvalue weighted by atomic mass is 32.2. The predicted octanol–water partition coefficient (Wildman–Crippen LogP) is 9.52. The number of aromatic nitrogens is 4. The summed E-state index contributed by atoms with van der Waals surface area (Å²) in [4.78, 5) is 76.2. The van der Waals surface area contributed by atoms with Crippen LogP contribution in [-0.4, -0.2) is 128 Å². The number of halogens is 4. The molecule has 0 spiro atoms. The van der Waals surface area contributed by atoms with Crippen molar-refractivity contribution < 1.29 is 40.9 Å². The minimum absolute atomic E-state index is 0.0332. The maximum Gasteiger partial charge on any atom is 0.328 e. The Balaban J connectivity index is 0.000000194.